The zero-order valence-electron chi connectivity index (χ0n) is 10.6. The molecular weight excluding hydrogens is 366 g/mol. The normalized spacial score (nSPS) is 23.3. The Kier molecular flexibility index (Phi) is 4.08. The number of hydrogen-bond acceptors (Lipinski definition) is 0. The van der Waals surface area contributed by atoms with Crippen molar-refractivity contribution in [3.63, 3.8) is 0 Å². The fourth-order valence-electron chi connectivity index (χ4n) is 1.54. The molecule has 0 amide bonds. The Bertz CT molecular complexity index is 388. The average molecular weight is 381 g/mol. The molecule has 0 aromatic heterocycles. The maximum atomic E-state index is 9.87. The molecule has 1 aliphatic rings. The zero-order valence-corrected chi connectivity index (χ0v) is 13.2. The summed E-state index contributed by atoms with van der Waals surface area (Å²) in [4.78, 5) is 0. The number of hydrogen-bond donors (Lipinski definition) is 0. The van der Waals surface area contributed by atoms with Gasteiger partial charge in [-0.2, -0.15) is 0 Å². The van der Waals surface area contributed by atoms with Gasteiger partial charge in [0.1, 0.15) is 0 Å². The second-order valence-corrected chi connectivity index (χ2v) is 8.09. The molecule has 0 atom stereocenters. The summed E-state index contributed by atoms with van der Waals surface area (Å²) in [6, 6.07) is 0. The molecule has 0 bridgehead atoms. The Morgan fingerprint density at radius 3 is 1.00 bits per heavy atom. The van der Waals surface area contributed by atoms with E-state index in [1.54, 1.807) is 0 Å². The van der Waals surface area contributed by atoms with Gasteiger partial charge in [0, 0.05) is 0 Å². The van der Waals surface area contributed by atoms with E-state index in [2.05, 4.69) is 52.9 Å². The van der Waals surface area contributed by atoms with Crippen LogP contribution in [0.25, 0.3) is 0 Å². The van der Waals surface area contributed by atoms with Crippen LogP contribution in [0.4, 0.5) is 25.2 Å². The van der Waals surface area contributed by atoms with Crippen LogP contribution in [0.2, 0.25) is 4.01 Å². The van der Waals surface area contributed by atoms with Gasteiger partial charge in [0.2, 0.25) is 0 Å². The standard InChI is InChI=1S/C10H15.F6P.Ru/c1-6-7(2)9(4)10(5)8(6)3;1-7(2,3,4,5)6;/h1-5H3;;/q;-1;+1. The molecule has 0 aliphatic heterocycles. The van der Waals surface area contributed by atoms with Gasteiger partial charge < -0.3 is 0 Å². The van der Waals surface area contributed by atoms with E-state index in [1.807, 2.05) is 0 Å². The summed E-state index contributed by atoms with van der Waals surface area (Å²) in [6.45, 7) is 11.2. The molecule has 0 nitrogen and oxygen atoms in total. The van der Waals surface area contributed by atoms with Crippen molar-refractivity contribution in [3.8, 4) is 0 Å². The Morgan fingerprint density at radius 1 is 0.778 bits per heavy atom. The van der Waals surface area contributed by atoms with Gasteiger partial charge in [-0.25, -0.2) is 0 Å². The van der Waals surface area contributed by atoms with Crippen molar-refractivity contribution in [1.29, 1.82) is 0 Å². The molecule has 110 valence electrons. The van der Waals surface area contributed by atoms with Crippen LogP contribution < -0.4 is 0 Å². The third-order valence-corrected chi connectivity index (χ3v) is 4.38. The van der Waals surface area contributed by atoms with E-state index in [4.69, 9.17) is 0 Å². The molecule has 0 fully saturated rings. The molecule has 0 radical (unpaired) electrons. The van der Waals surface area contributed by atoms with E-state index in [9.17, 15) is 25.2 Å². The summed E-state index contributed by atoms with van der Waals surface area (Å²) < 4.78 is 59.4. The van der Waals surface area contributed by atoms with Crippen LogP contribution in [0.3, 0.4) is 0 Å². The number of allylic oxidation sites excluding steroid dienone is 4. The Hall–Kier alpha value is 0.113. The maximum absolute atomic E-state index is 10.7. The second-order valence-electron chi connectivity index (χ2n) is 4.44. The average Bonchev–Trinajstić information content (AvgIpc) is 2.16. The topological polar surface area (TPSA) is 0 Å². The van der Waals surface area contributed by atoms with E-state index < -0.39 is 7.81 Å². The molecule has 0 aromatic rings. The van der Waals surface area contributed by atoms with Crippen LogP contribution in [0.5, 0.6) is 0 Å². The van der Waals surface area contributed by atoms with Gasteiger partial charge in [-0.3, -0.25) is 0 Å². The van der Waals surface area contributed by atoms with Crippen molar-refractivity contribution >= 4 is 7.81 Å². The molecule has 0 saturated carbocycles. The van der Waals surface area contributed by atoms with E-state index in [0.29, 0.717) is 0 Å². The summed E-state index contributed by atoms with van der Waals surface area (Å²) in [5, 5.41) is 0. The first-order valence-corrected chi connectivity index (χ1v) is 7.84. The summed E-state index contributed by atoms with van der Waals surface area (Å²) in [6.07, 6.45) is 0. The van der Waals surface area contributed by atoms with Crippen LogP contribution in [0.15, 0.2) is 22.3 Å². The zero-order chi connectivity index (χ0) is 15.2. The van der Waals surface area contributed by atoms with Crippen LogP contribution >= 0.6 is 7.81 Å². The summed E-state index contributed by atoms with van der Waals surface area (Å²) in [5.41, 5.74) is 5.96. The van der Waals surface area contributed by atoms with Gasteiger partial charge >= 0.3 is 112 Å². The fraction of sp³-hybridized carbons (Fsp3) is 0.600. The fourth-order valence-corrected chi connectivity index (χ4v) is 2.19. The van der Waals surface area contributed by atoms with E-state index in [0.717, 1.165) is 0 Å². The van der Waals surface area contributed by atoms with Gasteiger partial charge in [-0.15, -0.1) is 0 Å². The van der Waals surface area contributed by atoms with Crippen molar-refractivity contribution in [2.75, 3.05) is 0 Å². The predicted molar refractivity (Wildman–Crippen MR) is 58.7 cm³/mol. The third-order valence-electron chi connectivity index (χ3n) is 3.08. The van der Waals surface area contributed by atoms with E-state index in [-0.39, 0.29) is 4.01 Å². The van der Waals surface area contributed by atoms with Crippen LogP contribution in [0, 0.1) is 0 Å². The van der Waals surface area contributed by atoms with Gasteiger partial charge in [-0.1, -0.05) is 0 Å². The van der Waals surface area contributed by atoms with Crippen LogP contribution in [0.1, 0.15) is 34.6 Å². The molecule has 0 saturated heterocycles. The second kappa shape index (κ2) is 4.05. The molecule has 0 aromatic carbocycles. The van der Waals surface area contributed by atoms with Crippen molar-refractivity contribution in [2.45, 2.75) is 38.6 Å². The predicted octanol–water partition coefficient (Wildman–Crippen LogP) is 6.78. The summed E-state index contributed by atoms with van der Waals surface area (Å²) >= 11 is 2.84. The Labute approximate surface area is 112 Å². The first-order valence-electron chi connectivity index (χ1n) is 4.94. The van der Waals surface area contributed by atoms with Crippen molar-refractivity contribution in [3.05, 3.63) is 22.3 Å². The van der Waals surface area contributed by atoms with Gasteiger partial charge in [0.15, 0.2) is 0 Å². The SMILES string of the molecule is CC1=C(C)[C](C)([Ru+])C(C)=C1C.F[P-](F)(F)(F)(F)F. The molecule has 18 heavy (non-hydrogen) atoms. The van der Waals surface area contributed by atoms with Crippen LogP contribution in [-0.2, 0) is 18.3 Å². The molecule has 1 rings (SSSR count). The molecule has 0 spiro atoms. The Morgan fingerprint density at radius 2 is 0.944 bits per heavy atom. The molecule has 8 heteroatoms. The molecule has 1 aliphatic carbocycles. The number of halogens is 6. The van der Waals surface area contributed by atoms with Crippen LogP contribution in [-0.4, -0.2) is 0 Å². The van der Waals surface area contributed by atoms with Crippen molar-refractivity contribution < 1.29 is 43.5 Å². The monoisotopic (exact) mass is 382 g/mol. The summed E-state index contributed by atoms with van der Waals surface area (Å²) in [7, 11) is -10.7. The van der Waals surface area contributed by atoms with Gasteiger partial charge in [-0.05, 0) is 0 Å². The first-order chi connectivity index (χ1) is 7.34. The molecule has 0 N–H and O–H groups in total. The van der Waals surface area contributed by atoms with Gasteiger partial charge in [0.05, 0.1) is 0 Å². The van der Waals surface area contributed by atoms with Gasteiger partial charge in [0.25, 0.3) is 0 Å². The molecule has 0 heterocycles. The van der Waals surface area contributed by atoms with Crippen molar-refractivity contribution in [2.24, 2.45) is 0 Å². The first kappa shape index (κ1) is 18.1. The van der Waals surface area contributed by atoms with E-state index in [1.165, 1.54) is 22.3 Å². The quantitative estimate of drug-likeness (QED) is 0.246. The molecule has 0 unspecified atom stereocenters. The van der Waals surface area contributed by atoms with Crippen molar-refractivity contribution in [1.82, 2.24) is 0 Å². The minimum atomic E-state index is -10.7. The number of rotatable bonds is 0. The third kappa shape index (κ3) is 6.33. The molecular formula is C10H15F6PRu. The summed E-state index contributed by atoms with van der Waals surface area (Å²) in [5.74, 6) is 0. The van der Waals surface area contributed by atoms with E-state index >= 15 is 0 Å². The Balaban J connectivity index is 0.000000360. The minimum absolute atomic E-state index is 0.244.